The summed E-state index contributed by atoms with van der Waals surface area (Å²) in [7, 11) is 2.49. The molecule has 0 aromatic heterocycles. The van der Waals surface area contributed by atoms with E-state index in [1.54, 1.807) is 45.9 Å². The molecule has 6 heteroatoms. The molecule has 5 nitrogen and oxygen atoms in total. The molecule has 0 spiro atoms. The van der Waals surface area contributed by atoms with Gasteiger partial charge in [-0.1, -0.05) is 0 Å². The molecule has 0 heterocycles. The van der Waals surface area contributed by atoms with E-state index in [1.807, 2.05) is 19.0 Å². The van der Waals surface area contributed by atoms with Gasteiger partial charge in [0, 0.05) is 19.8 Å². The van der Waals surface area contributed by atoms with Gasteiger partial charge < -0.3 is 19.7 Å². The maximum atomic E-state index is 10.3. The highest BCUT2D eigenvalue weighted by Crippen LogP contribution is 2.25. The largest absolute Gasteiger partial charge is 0.491 e. The summed E-state index contributed by atoms with van der Waals surface area (Å²) in [5.41, 5.74) is -0.346. The van der Waals surface area contributed by atoms with Gasteiger partial charge in [-0.3, -0.25) is 0 Å². The fourth-order valence-electron chi connectivity index (χ4n) is 1.59. The van der Waals surface area contributed by atoms with Crippen LogP contribution in [0.2, 0.25) is 0 Å². The van der Waals surface area contributed by atoms with E-state index in [2.05, 4.69) is 6.07 Å². The highest BCUT2D eigenvalue weighted by Gasteiger charge is 2.39. The van der Waals surface area contributed by atoms with Crippen LogP contribution in [0.15, 0.2) is 18.2 Å². The maximum Gasteiger partial charge on any atom is 0.491 e. The highest BCUT2D eigenvalue weighted by atomic mass is 16.5. The lowest BCUT2D eigenvalue weighted by atomic mass is 9.76. The van der Waals surface area contributed by atoms with E-state index in [4.69, 9.17) is 9.92 Å². The first-order valence-electron chi connectivity index (χ1n) is 6.78. The SMILES string of the molecule is CN(C)c1cc(C#N)cc(B(O)OC(C)(C)C(C)(C)O)c1. The van der Waals surface area contributed by atoms with Gasteiger partial charge in [-0.15, -0.1) is 0 Å². The van der Waals surface area contributed by atoms with E-state index in [1.165, 1.54) is 0 Å². The predicted molar refractivity (Wildman–Crippen MR) is 84.6 cm³/mol. The first-order chi connectivity index (χ1) is 9.48. The number of rotatable bonds is 5. The number of nitrogens with zero attached hydrogens (tertiary/aromatic N) is 2. The summed E-state index contributed by atoms with van der Waals surface area (Å²) in [6.07, 6.45) is 0. The van der Waals surface area contributed by atoms with Gasteiger partial charge >= 0.3 is 7.12 Å². The Hall–Kier alpha value is -1.55. The van der Waals surface area contributed by atoms with Crippen LogP contribution < -0.4 is 10.4 Å². The van der Waals surface area contributed by atoms with Crippen molar-refractivity contribution in [2.75, 3.05) is 19.0 Å². The molecule has 0 unspecified atom stereocenters. The minimum absolute atomic E-state index is 0.444. The van der Waals surface area contributed by atoms with Crippen molar-refractivity contribution in [3.63, 3.8) is 0 Å². The summed E-state index contributed by atoms with van der Waals surface area (Å²) in [5, 5.41) is 29.5. The molecule has 0 saturated carbocycles. The Morgan fingerprint density at radius 1 is 1.19 bits per heavy atom. The van der Waals surface area contributed by atoms with Crippen LogP contribution in [0.4, 0.5) is 5.69 Å². The standard InChI is InChI=1S/C15H23BN2O3/c1-14(2,19)15(3,4)21-16(20)12-7-11(10-17)8-13(9-12)18(5)6/h7-9,19-20H,1-6H3. The number of benzene rings is 1. The number of hydrogen-bond acceptors (Lipinski definition) is 5. The zero-order valence-corrected chi connectivity index (χ0v) is 13.5. The minimum atomic E-state index is -1.22. The van der Waals surface area contributed by atoms with Crippen LogP contribution in [0.1, 0.15) is 33.3 Å². The van der Waals surface area contributed by atoms with Gasteiger partial charge in [-0.05, 0) is 51.4 Å². The summed E-state index contributed by atoms with van der Waals surface area (Å²) in [6.45, 7) is 6.65. The number of aliphatic hydroxyl groups is 1. The predicted octanol–water partition coefficient (Wildman–Crippen LogP) is 0.878. The van der Waals surface area contributed by atoms with Crippen LogP contribution in [0, 0.1) is 11.3 Å². The average molecular weight is 290 g/mol. The van der Waals surface area contributed by atoms with Gasteiger partial charge in [0.1, 0.15) is 0 Å². The van der Waals surface area contributed by atoms with Crippen LogP contribution in [0.5, 0.6) is 0 Å². The van der Waals surface area contributed by atoms with Gasteiger partial charge in [0.2, 0.25) is 0 Å². The third-order valence-corrected chi connectivity index (χ3v) is 3.75. The third kappa shape index (κ3) is 4.21. The summed E-state index contributed by atoms with van der Waals surface area (Å²) in [6, 6.07) is 7.14. The molecule has 1 aromatic rings. The molecule has 0 radical (unpaired) electrons. The molecule has 114 valence electrons. The van der Waals surface area contributed by atoms with Gasteiger partial charge in [0.05, 0.1) is 22.8 Å². The van der Waals surface area contributed by atoms with Crippen LogP contribution in [-0.4, -0.2) is 42.5 Å². The fourth-order valence-corrected chi connectivity index (χ4v) is 1.59. The second-order valence-electron chi connectivity index (χ2n) is 6.36. The third-order valence-electron chi connectivity index (χ3n) is 3.75. The molecule has 1 aromatic carbocycles. The normalized spacial score (nSPS) is 12.0. The van der Waals surface area contributed by atoms with Crippen molar-refractivity contribution in [2.45, 2.75) is 38.9 Å². The molecule has 0 bridgehead atoms. The summed E-state index contributed by atoms with van der Waals surface area (Å²) in [4.78, 5) is 1.85. The zero-order valence-electron chi connectivity index (χ0n) is 13.5. The first kappa shape index (κ1) is 17.5. The van der Waals surface area contributed by atoms with Crippen molar-refractivity contribution in [2.24, 2.45) is 0 Å². The zero-order chi connectivity index (χ0) is 16.4. The first-order valence-corrected chi connectivity index (χ1v) is 6.78. The highest BCUT2D eigenvalue weighted by molar-refractivity contribution is 6.60. The van der Waals surface area contributed by atoms with Gasteiger partial charge in [-0.2, -0.15) is 5.26 Å². The molecule has 0 atom stereocenters. The van der Waals surface area contributed by atoms with E-state index in [0.717, 1.165) is 5.69 Å². The van der Waals surface area contributed by atoms with Crippen molar-refractivity contribution < 1.29 is 14.8 Å². The Morgan fingerprint density at radius 3 is 2.19 bits per heavy atom. The van der Waals surface area contributed by atoms with Crippen molar-refractivity contribution in [3.05, 3.63) is 23.8 Å². The van der Waals surface area contributed by atoms with Crippen molar-refractivity contribution >= 4 is 18.3 Å². The van der Waals surface area contributed by atoms with Crippen LogP contribution in [0.25, 0.3) is 0 Å². The molecule has 21 heavy (non-hydrogen) atoms. The second-order valence-corrected chi connectivity index (χ2v) is 6.36. The lowest BCUT2D eigenvalue weighted by Crippen LogP contribution is -2.53. The Kier molecular flexibility index (Phi) is 5.05. The van der Waals surface area contributed by atoms with E-state index < -0.39 is 18.3 Å². The smallest absolute Gasteiger partial charge is 0.423 e. The number of hydrogen-bond donors (Lipinski definition) is 2. The summed E-state index contributed by atoms with van der Waals surface area (Å²) >= 11 is 0. The summed E-state index contributed by atoms with van der Waals surface area (Å²) in [5.74, 6) is 0. The van der Waals surface area contributed by atoms with E-state index in [0.29, 0.717) is 11.0 Å². The van der Waals surface area contributed by atoms with E-state index in [-0.39, 0.29) is 0 Å². The molecule has 0 saturated heterocycles. The molecule has 0 aliphatic rings. The molecule has 1 rings (SSSR count). The molecule has 2 N–H and O–H groups in total. The van der Waals surface area contributed by atoms with Gasteiger partial charge in [0.15, 0.2) is 0 Å². The average Bonchev–Trinajstić information content (AvgIpc) is 2.36. The van der Waals surface area contributed by atoms with Crippen LogP contribution >= 0.6 is 0 Å². The maximum absolute atomic E-state index is 10.3. The molecular formula is C15H23BN2O3. The van der Waals surface area contributed by atoms with Crippen LogP contribution in [0.3, 0.4) is 0 Å². The van der Waals surface area contributed by atoms with Crippen molar-refractivity contribution in [1.29, 1.82) is 5.26 Å². The Bertz CT molecular complexity index is 545. The van der Waals surface area contributed by atoms with Crippen molar-refractivity contribution in [3.8, 4) is 6.07 Å². The molecular weight excluding hydrogens is 267 g/mol. The molecule has 0 aliphatic carbocycles. The Balaban J connectivity index is 3.11. The fraction of sp³-hybridized carbons (Fsp3) is 0.533. The van der Waals surface area contributed by atoms with E-state index >= 15 is 0 Å². The summed E-state index contributed by atoms with van der Waals surface area (Å²) < 4.78 is 5.60. The number of anilines is 1. The van der Waals surface area contributed by atoms with Gasteiger partial charge in [0.25, 0.3) is 0 Å². The Labute approximate surface area is 126 Å². The monoisotopic (exact) mass is 290 g/mol. The van der Waals surface area contributed by atoms with Gasteiger partial charge in [-0.25, -0.2) is 0 Å². The Morgan fingerprint density at radius 2 is 1.76 bits per heavy atom. The van der Waals surface area contributed by atoms with E-state index in [9.17, 15) is 10.1 Å². The lowest BCUT2D eigenvalue weighted by molar-refractivity contribution is -0.0982. The molecule has 0 amide bonds. The van der Waals surface area contributed by atoms with Crippen LogP contribution in [-0.2, 0) is 4.65 Å². The topological polar surface area (TPSA) is 76.7 Å². The number of nitriles is 1. The second kappa shape index (κ2) is 6.06. The lowest BCUT2D eigenvalue weighted by Gasteiger charge is -2.38. The molecule has 0 aliphatic heterocycles. The van der Waals surface area contributed by atoms with Crippen molar-refractivity contribution in [1.82, 2.24) is 0 Å². The molecule has 0 fully saturated rings. The quantitative estimate of drug-likeness (QED) is 0.787. The minimum Gasteiger partial charge on any atom is -0.423 e.